The van der Waals surface area contributed by atoms with Crippen molar-refractivity contribution < 1.29 is 4.39 Å². The lowest BCUT2D eigenvalue weighted by molar-refractivity contribution is 0.412. The molecule has 1 rings (SSSR count). The molecule has 0 amide bonds. The van der Waals surface area contributed by atoms with Crippen LogP contribution in [0.2, 0.25) is 0 Å². The highest BCUT2D eigenvalue weighted by atomic mass is 35.5. The third-order valence-corrected chi connectivity index (χ3v) is 1.50. The molecule has 0 aliphatic heterocycles. The Hall–Kier alpha value is -0.0100. The molecule has 0 saturated heterocycles. The standard InChI is InChI=1S/C6H5Cl2F/c7-5-2-1-3-6(8,9)4-5/h1,3-4H,2H2. The fourth-order valence-corrected chi connectivity index (χ4v) is 1.17. The second-order valence-corrected chi connectivity index (χ2v) is 2.94. The van der Waals surface area contributed by atoms with Gasteiger partial charge in [-0.05, 0) is 12.2 Å². The fraction of sp³-hybridized carbons (Fsp3) is 0.333. The third kappa shape index (κ3) is 1.99. The molecule has 50 valence electrons. The zero-order valence-electron chi connectivity index (χ0n) is 4.57. The van der Waals surface area contributed by atoms with Crippen LogP contribution >= 0.6 is 23.2 Å². The van der Waals surface area contributed by atoms with E-state index in [-0.39, 0.29) is 0 Å². The van der Waals surface area contributed by atoms with Gasteiger partial charge in [-0.1, -0.05) is 29.3 Å². The Morgan fingerprint density at radius 1 is 1.67 bits per heavy atom. The van der Waals surface area contributed by atoms with Crippen LogP contribution < -0.4 is 0 Å². The van der Waals surface area contributed by atoms with Crippen LogP contribution in [0.4, 0.5) is 4.39 Å². The highest BCUT2D eigenvalue weighted by Crippen LogP contribution is 2.29. The highest BCUT2D eigenvalue weighted by Gasteiger charge is 2.21. The number of rotatable bonds is 0. The van der Waals surface area contributed by atoms with Gasteiger partial charge in [0.2, 0.25) is 5.13 Å². The second-order valence-electron chi connectivity index (χ2n) is 1.87. The largest absolute Gasteiger partial charge is 0.221 e. The molecule has 1 unspecified atom stereocenters. The van der Waals surface area contributed by atoms with Gasteiger partial charge < -0.3 is 0 Å². The van der Waals surface area contributed by atoms with Crippen molar-refractivity contribution in [1.29, 1.82) is 0 Å². The lowest BCUT2D eigenvalue weighted by atomic mass is 10.2. The van der Waals surface area contributed by atoms with Gasteiger partial charge in [0.05, 0.1) is 0 Å². The average Bonchev–Trinajstić information content (AvgIpc) is 1.60. The molecule has 0 spiro atoms. The molecule has 0 aromatic rings. The van der Waals surface area contributed by atoms with E-state index in [2.05, 4.69) is 0 Å². The zero-order valence-corrected chi connectivity index (χ0v) is 6.08. The van der Waals surface area contributed by atoms with E-state index in [0.29, 0.717) is 11.5 Å². The molecule has 0 saturated carbocycles. The van der Waals surface area contributed by atoms with Crippen LogP contribution in [0.1, 0.15) is 6.42 Å². The van der Waals surface area contributed by atoms with E-state index < -0.39 is 5.13 Å². The van der Waals surface area contributed by atoms with E-state index in [4.69, 9.17) is 23.2 Å². The molecule has 0 N–H and O–H groups in total. The molecular formula is C6H5Cl2F. The Morgan fingerprint density at radius 2 is 2.33 bits per heavy atom. The monoisotopic (exact) mass is 166 g/mol. The third-order valence-electron chi connectivity index (χ3n) is 1.00. The van der Waals surface area contributed by atoms with Crippen molar-refractivity contribution in [3.63, 3.8) is 0 Å². The summed E-state index contributed by atoms with van der Waals surface area (Å²) in [6, 6.07) is 0. The predicted molar refractivity (Wildman–Crippen MR) is 37.4 cm³/mol. The summed E-state index contributed by atoms with van der Waals surface area (Å²) in [6.45, 7) is 0. The highest BCUT2D eigenvalue weighted by molar-refractivity contribution is 6.32. The van der Waals surface area contributed by atoms with Crippen LogP contribution in [0.25, 0.3) is 0 Å². The van der Waals surface area contributed by atoms with E-state index in [1.54, 1.807) is 6.08 Å². The van der Waals surface area contributed by atoms with Crippen molar-refractivity contribution in [3.05, 3.63) is 23.3 Å². The molecule has 0 aromatic heterocycles. The molecule has 1 atom stereocenters. The first-order valence-corrected chi connectivity index (χ1v) is 3.28. The van der Waals surface area contributed by atoms with Crippen LogP contribution in [0.3, 0.4) is 0 Å². The van der Waals surface area contributed by atoms with Crippen LogP contribution in [0, 0.1) is 0 Å². The summed E-state index contributed by atoms with van der Waals surface area (Å²) in [5.41, 5.74) is 0. The normalized spacial score (nSPS) is 34.3. The number of halogens is 3. The van der Waals surface area contributed by atoms with E-state index >= 15 is 0 Å². The first-order chi connectivity index (χ1) is 4.10. The molecule has 0 fully saturated rings. The summed E-state index contributed by atoms with van der Waals surface area (Å²) >= 11 is 10.7. The van der Waals surface area contributed by atoms with E-state index in [1.807, 2.05) is 0 Å². The summed E-state index contributed by atoms with van der Waals surface area (Å²) in [7, 11) is 0. The van der Waals surface area contributed by atoms with Gasteiger partial charge in [0.15, 0.2) is 0 Å². The molecule has 3 heteroatoms. The maximum atomic E-state index is 12.6. The molecule has 0 nitrogen and oxygen atoms in total. The average molecular weight is 167 g/mol. The minimum Gasteiger partial charge on any atom is -0.217 e. The first-order valence-electron chi connectivity index (χ1n) is 2.53. The van der Waals surface area contributed by atoms with Gasteiger partial charge in [0.25, 0.3) is 0 Å². The molecule has 0 heterocycles. The lowest BCUT2D eigenvalue weighted by Crippen LogP contribution is -2.08. The molecule has 1 aliphatic rings. The number of hydrogen-bond acceptors (Lipinski definition) is 0. The minimum absolute atomic E-state index is 0.454. The zero-order chi connectivity index (χ0) is 6.91. The lowest BCUT2D eigenvalue weighted by Gasteiger charge is -2.11. The SMILES string of the molecule is FC1(Cl)C=CCC(Cl)=C1. The summed E-state index contributed by atoms with van der Waals surface area (Å²) in [5.74, 6) is 0. The van der Waals surface area contributed by atoms with Crippen LogP contribution in [0.15, 0.2) is 23.3 Å². The summed E-state index contributed by atoms with van der Waals surface area (Å²) in [4.78, 5) is 0. The molecule has 0 aromatic carbocycles. The number of alkyl halides is 2. The number of allylic oxidation sites excluding steroid dienone is 4. The second kappa shape index (κ2) is 2.31. The topological polar surface area (TPSA) is 0 Å². The maximum Gasteiger partial charge on any atom is 0.221 e. The van der Waals surface area contributed by atoms with Crippen molar-refractivity contribution >= 4 is 23.2 Å². The Kier molecular flexibility index (Phi) is 1.83. The Labute approximate surface area is 63.0 Å². The Balaban J connectivity index is 2.78. The van der Waals surface area contributed by atoms with E-state index in [9.17, 15) is 4.39 Å². The van der Waals surface area contributed by atoms with Gasteiger partial charge in [-0.25, -0.2) is 4.39 Å². The smallest absolute Gasteiger partial charge is 0.217 e. The maximum absolute atomic E-state index is 12.6. The molecular weight excluding hydrogens is 162 g/mol. The van der Waals surface area contributed by atoms with Crippen molar-refractivity contribution in [2.24, 2.45) is 0 Å². The van der Waals surface area contributed by atoms with Crippen molar-refractivity contribution in [2.75, 3.05) is 0 Å². The molecule has 1 aliphatic carbocycles. The van der Waals surface area contributed by atoms with Crippen LogP contribution in [0.5, 0.6) is 0 Å². The van der Waals surface area contributed by atoms with Gasteiger partial charge >= 0.3 is 0 Å². The van der Waals surface area contributed by atoms with Gasteiger partial charge in [-0.2, -0.15) is 0 Å². The summed E-state index contributed by atoms with van der Waals surface area (Å²) < 4.78 is 12.6. The summed E-state index contributed by atoms with van der Waals surface area (Å²) in [5, 5.41) is -1.40. The van der Waals surface area contributed by atoms with Crippen molar-refractivity contribution in [3.8, 4) is 0 Å². The van der Waals surface area contributed by atoms with Crippen LogP contribution in [-0.4, -0.2) is 5.13 Å². The van der Waals surface area contributed by atoms with Gasteiger partial charge in [-0.3, -0.25) is 0 Å². The van der Waals surface area contributed by atoms with Crippen molar-refractivity contribution in [1.82, 2.24) is 0 Å². The van der Waals surface area contributed by atoms with Gasteiger partial charge in [0.1, 0.15) is 0 Å². The van der Waals surface area contributed by atoms with Gasteiger partial charge in [-0.15, -0.1) is 0 Å². The van der Waals surface area contributed by atoms with Crippen LogP contribution in [-0.2, 0) is 0 Å². The fourth-order valence-electron chi connectivity index (χ4n) is 0.644. The Morgan fingerprint density at radius 3 is 2.67 bits per heavy atom. The van der Waals surface area contributed by atoms with Crippen molar-refractivity contribution in [2.45, 2.75) is 11.5 Å². The Bertz CT molecular complexity index is 170. The van der Waals surface area contributed by atoms with E-state index in [0.717, 1.165) is 0 Å². The summed E-state index contributed by atoms with van der Waals surface area (Å²) in [6.07, 6.45) is 4.66. The molecule has 0 bridgehead atoms. The predicted octanol–water partition coefficient (Wildman–Crippen LogP) is 2.97. The molecule has 9 heavy (non-hydrogen) atoms. The quantitative estimate of drug-likeness (QED) is 0.384. The minimum atomic E-state index is -1.85. The molecule has 0 radical (unpaired) electrons. The van der Waals surface area contributed by atoms with Gasteiger partial charge in [0, 0.05) is 11.5 Å². The first kappa shape index (κ1) is 7.10. The van der Waals surface area contributed by atoms with E-state index in [1.165, 1.54) is 12.2 Å². The number of hydrogen-bond donors (Lipinski definition) is 0.